The highest BCUT2D eigenvalue weighted by atomic mass is 16.1. The van der Waals surface area contributed by atoms with E-state index in [1.165, 1.54) is 11.1 Å². The summed E-state index contributed by atoms with van der Waals surface area (Å²) in [5, 5.41) is 0. The molecule has 17 heavy (non-hydrogen) atoms. The Balaban J connectivity index is 0.000000686. The number of aryl methyl sites for hydroxylation is 1. The fourth-order valence-electron chi connectivity index (χ4n) is 1.50. The van der Waals surface area contributed by atoms with E-state index in [-0.39, 0.29) is 0 Å². The Bertz CT molecular complexity index is 469. The minimum absolute atomic E-state index is 0.714. The topological polar surface area (TPSA) is 34.1 Å². The van der Waals surface area contributed by atoms with Gasteiger partial charge < -0.3 is 4.79 Å². The van der Waals surface area contributed by atoms with Crippen LogP contribution in [0.4, 0.5) is 0 Å². The van der Waals surface area contributed by atoms with Crippen molar-refractivity contribution in [3.05, 3.63) is 59.7 Å². The molecule has 2 nitrogen and oxygen atoms in total. The summed E-state index contributed by atoms with van der Waals surface area (Å²) < 4.78 is 0. The number of hydrogen-bond donors (Lipinski definition) is 0. The van der Waals surface area contributed by atoms with Crippen molar-refractivity contribution in [1.82, 2.24) is 0 Å². The van der Waals surface area contributed by atoms with Gasteiger partial charge in [0.2, 0.25) is 0 Å². The molecule has 2 aromatic rings. The summed E-state index contributed by atoms with van der Waals surface area (Å²) in [7, 11) is 0. The maximum atomic E-state index is 10.5. The molecule has 0 spiro atoms. The van der Waals surface area contributed by atoms with Crippen LogP contribution >= 0.6 is 0 Å². The van der Waals surface area contributed by atoms with Gasteiger partial charge >= 0.3 is 0 Å². The SMILES string of the molecule is C=O.Cc1ccc(-c2ccc(C=O)cc2)cc1. The van der Waals surface area contributed by atoms with Gasteiger partial charge in [0.05, 0.1) is 0 Å². The van der Waals surface area contributed by atoms with Gasteiger partial charge in [-0.3, -0.25) is 4.79 Å². The first-order valence-electron chi connectivity index (χ1n) is 5.21. The molecule has 0 amide bonds. The largest absolute Gasteiger partial charge is 0.307 e. The minimum Gasteiger partial charge on any atom is -0.307 e. The molecule has 2 rings (SSSR count). The van der Waals surface area contributed by atoms with Crippen molar-refractivity contribution in [2.75, 3.05) is 0 Å². The molecular weight excluding hydrogens is 212 g/mol. The molecule has 0 radical (unpaired) electrons. The van der Waals surface area contributed by atoms with Gasteiger partial charge in [-0.1, -0.05) is 54.1 Å². The molecule has 0 atom stereocenters. The monoisotopic (exact) mass is 226 g/mol. The lowest BCUT2D eigenvalue weighted by molar-refractivity contribution is -0.0979. The standard InChI is InChI=1S/C14H12O.CH2O/c1-11-2-6-13(7-3-11)14-8-4-12(10-15)5-9-14;1-2/h2-10H,1H3;1H2. The molecule has 0 unspecified atom stereocenters. The van der Waals surface area contributed by atoms with Crippen LogP contribution in [0, 0.1) is 6.92 Å². The predicted molar refractivity (Wildman–Crippen MR) is 69.1 cm³/mol. The molecule has 2 heteroatoms. The summed E-state index contributed by atoms with van der Waals surface area (Å²) >= 11 is 0. The van der Waals surface area contributed by atoms with Crippen molar-refractivity contribution in [3.8, 4) is 11.1 Å². The summed E-state index contributed by atoms with van der Waals surface area (Å²) in [6.45, 7) is 4.07. The number of aldehydes is 1. The lowest BCUT2D eigenvalue weighted by atomic mass is 10.0. The van der Waals surface area contributed by atoms with Gasteiger partial charge in [0, 0.05) is 5.56 Å². The Morgan fingerprint density at radius 3 is 1.65 bits per heavy atom. The molecule has 0 fully saturated rings. The molecule has 0 aliphatic rings. The third-order valence-electron chi connectivity index (χ3n) is 2.43. The molecule has 0 heterocycles. The summed E-state index contributed by atoms with van der Waals surface area (Å²) in [4.78, 5) is 18.5. The average molecular weight is 226 g/mol. The smallest absolute Gasteiger partial charge is 0.150 e. The van der Waals surface area contributed by atoms with Crippen LogP contribution in [0.2, 0.25) is 0 Å². The summed E-state index contributed by atoms with van der Waals surface area (Å²) in [6, 6.07) is 16.0. The van der Waals surface area contributed by atoms with E-state index < -0.39 is 0 Å². The molecule has 0 bridgehead atoms. The molecule has 0 saturated carbocycles. The fraction of sp³-hybridized carbons (Fsp3) is 0.0667. The number of hydrogen-bond acceptors (Lipinski definition) is 2. The van der Waals surface area contributed by atoms with Crippen LogP contribution in [0.3, 0.4) is 0 Å². The molecule has 0 saturated heterocycles. The van der Waals surface area contributed by atoms with E-state index in [2.05, 4.69) is 31.2 Å². The molecule has 2 aromatic carbocycles. The van der Waals surface area contributed by atoms with Crippen LogP contribution < -0.4 is 0 Å². The van der Waals surface area contributed by atoms with Crippen molar-refractivity contribution in [3.63, 3.8) is 0 Å². The normalized spacial score (nSPS) is 9.00. The van der Waals surface area contributed by atoms with E-state index in [1.54, 1.807) is 0 Å². The zero-order chi connectivity index (χ0) is 12.7. The first-order chi connectivity index (χ1) is 8.29. The van der Waals surface area contributed by atoms with Gasteiger partial charge in [0.15, 0.2) is 0 Å². The third-order valence-corrected chi connectivity index (χ3v) is 2.43. The lowest BCUT2D eigenvalue weighted by Crippen LogP contribution is -1.81. The Morgan fingerprint density at radius 1 is 0.824 bits per heavy atom. The molecule has 86 valence electrons. The van der Waals surface area contributed by atoms with Gasteiger partial charge in [-0.05, 0) is 18.1 Å². The second-order valence-corrected chi connectivity index (χ2v) is 3.61. The fourth-order valence-corrected chi connectivity index (χ4v) is 1.50. The maximum absolute atomic E-state index is 10.5. The Kier molecular flexibility index (Phi) is 4.82. The lowest BCUT2D eigenvalue weighted by Gasteiger charge is -2.02. The Labute approximate surface area is 101 Å². The zero-order valence-electron chi connectivity index (χ0n) is 9.72. The predicted octanol–water partition coefficient (Wildman–Crippen LogP) is 3.29. The van der Waals surface area contributed by atoms with Crippen LogP contribution in [0.5, 0.6) is 0 Å². The number of carbonyl (C=O) groups is 2. The highest BCUT2D eigenvalue weighted by Gasteiger charge is 1.96. The average Bonchev–Trinajstić information content (AvgIpc) is 2.42. The maximum Gasteiger partial charge on any atom is 0.150 e. The zero-order valence-corrected chi connectivity index (χ0v) is 9.72. The van der Waals surface area contributed by atoms with Gasteiger partial charge in [0.25, 0.3) is 0 Å². The first-order valence-corrected chi connectivity index (χ1v) is 5.21. The van der Waals surface area contributed by atoms with Gasteiger partial charge in [-0.15, -0.1) is 0 Å². The Morgan fingerprint density at radius 2 is 1.24 bits per heavy atom. The molecule has 0 aliphatic heterocycles. The van der Waals surface area contributed by atoms with Crippen molar-refractivity contribution >= 4 is 13.1 Å². The molecular formula is C15H14O2. The quantitative estimate of drug-likeness (QED) is 0.736. The summed E-state index contributed by atoms with van der Waals surface area (Å²) in [6.07, 6.45) is 0.860. The van der Waals surface area contributed by atoms with E-state index in [0.717, 1.165) is 11.8 Å². The summed E-state index contributed by atoms with van der Waals surface area (Å²) in [5.41, 5.74) is 4.28. The highest BCUT2D eigenvalue weighted by Crippen LogP contribution is 2.19. The van der Waals surface area contributed by atoms with E-state index in [1.807, 2.05) is 31.1 Å². The van der Waals surface area contributed by atoms with Crippen LogP contribution in [0.1, 0.15) is 15.9 Å². The van der Waals surface area contributed by atoms with Crippen molar-refractivity contribution in [2.24, 2.45) is 0 Å². The molecule has 0 aliphatic carbocycles. The van der Waals surface area contributed by atoms with Crippen LogP contribution in [0.15, 0.2) is 48.5 Å². The van der Waals surface area contributed by atoms with E-state index >= 15 is 0 Å². The van der Waals surface area contributed by atoms with E-state index in [0.29, 0.717) is 5.56 Å². The van der Waals surface area contributed by atoms with Crippen molar-refractivity contribution < 1.29 is 9.59 Å². The first kappa shape index (κ1) is 12.8. The second-order valence-electron chi connectivity index (χ2n) is 3.61. The second kappa shape index (κ2) is 6.38. The minimum atomic E-state index is 0.714. The van der Waals surface area contributed by atoms with Gasteiger partial charge in [-0.2, -0.15) is 0 Å². The Hall–Kier alpha value is -2.22. The van der Waals surface area contributed by atoms with Crippen LogP contribution in [0.25, 0.3) is 11.1 Å². The van der Waals surface area contributed by atoms with Gasteiger partial charge in [-0.25, -0.2) is 0 Å². The third kappa shape index (κ3) is 3.38. The van der Waals surface area contributed by atoms with Crippen molar-refractivity contribution in [1.29, 1.82) is 0 Å². The molecule has 0 aromatic heterocycles. The molecule has 0 N–H and O–H groups in total. The number of carbonyl (C=O) groups excluding carboxylic acids is 2. The number of rotatable bonds is 2. The van der Waals surface area contributed by atoms with Gasteiger partial charge in [0.1, 0.15) is 13.1 Å². The van der Waals surface area contributed by atoms with Crippen LogP contribution in [-0.4, -0.2) is 13.1 Å². The van der Waals surface area contributed by atoms with E-state index in [9.17, 15) is 4.79 Å². The summed E-state index contributed by atoms with van der Waals surface area (Å²) in [5.74, 6) is 0. The van der Waals surface area contributed by atoms with Crippen molar-refractivity contribution in [2.45, 2.75) is 6.92 Å². The highest BCUT2D eigenvalue weighted by molar-refractivity contribution is 5.76. The van der Waals surface area contributed by atoms with Crippen LogP contribution in [-0.2, 0) is 4.79 Å². The van der Waals surface area contributed by atoms with E-state index in [4.69, 9.17) is 4.79 Å². The number of benzene rings is 2.